The van der Waals surface area contributed by atoms with Crippen LogP contribution < -0.4 is 10.5 Å². The molecule has 1 saturated heterocycles. The number of benzene rings is 1. The Morgan fingerprint density at radius 2 is 1.81 bits per heavy atom. The second-order valence-electron chi connectivity index (χ2n) is 6.49. The van der Waals surface area contributed by atoms with Crippen molar-refractivity contribution in [3.8, 4) is 22.3 Å². The molecule has 1 aliphatic heterocycles. The Hall–Kier alpha value is -3.21. The maximum atomic E-state index is 11.9. The number of nitrogens with zero attached hydrogens (tertiary/aromatic N) is 2. The molecule has 0 unspecified atom stereocenters. The van der Waals surface area contributed by atoms with Crippen molar-refractivity contribution in [2.75, 3.05) is 11.4 Å². The van der Waals surface area contributed by atoms with E-state index in [0.29, 0.717) is 6.42 Å². The number of nitrogens with one attached hydrogen (secondary N) is 1. The van der Waals surface area contributed by atoms with Crippen molar-refractivity contribution in [3.63, 3.8) is 0 Å². The second kappa shape index (κ2) is 6.59. The number of H-pyrrole nitrogens is 1. The fraction of sp³-hybridized carbons (Fsp3) is 0.190. The molecule has 2 aromatic heterocycles. The fourth-order valence-corrected chi connectivity index (χ4v) is 3.35. The van der Waals surface area contributed by atoms with Crippen LogP contribution in [0.3, 0.4) is 0 Å². The molecule has 0 spiro atoms. The Balaban J connectivity index is 1.69. The molecule has 3 aromatic rings. The van der Waals surface area contributed by atoms with Crippen LogP contribution in [0.15, 0.2) is 59.7 Å². The highest BCUT2D eigenvalue weighted by Gasteiger charge is 2.21. The average molecular weight is 345 g/mol. The van der Waals surface area contributed by atoms with E-state index in [-0.39, 0.29) is 11.5 Å². The minimum absolute atomic E-state index is 0.132. The van der Waals surface area contributed by atoms with Crippen LogP contribution in [0.2, 0.25) is 0 Å². The van der Waals surface area contributed by atoms with Gasteiger partial charge in [0, 0.05) is 53.9 Å². The van der Waals surface area contributed by atoms with E-state index in [9.17, 15) is 9.59 Å². The smallest absolute Gasteiger partial charge is 0.248 e. The number of aryl methyl sites for hydroxylation is 1. The molecular weight excluding hydrogens is 326 g/mol. The zero-order valence-electron chi connectivity index (χ0n) is 14.5. The molecule has 0 atom stereocenters. The van der Waals surface area contributed by atoms with Gasteiger partial charge in [0.1, 0.15) is 0 Å². The highest BCUT2D eigenvalue weighted by atomic mass is 16.2. The van der Waals surface area contributed by atoms with Gasteiger partial charge in [0.15, 0.2) is 0 Å². The van der Waals surface area contributed by atoms with Gasteiger partial charge < -0.3 is 9.88 Å². The van der Waals surface area contributed by atoms with Crippen molar-refractivity contribution >= 4 is 11.6 Å². The first-order valence-corrected chi connectivity index (χ1v) is 8.68. The fourth-order valence-electron chi connectivity index (χ4n) is 3.35. The van der Waals surface area contributed by atoms with Gasteiger partial charge in [0.25, 0.3) is 0 Å². The van der Waals surface area contributed by atoms with E-state index < -0.39 is 0 Å². The summed E-state index contributed by atoms with van der Waals surface area (Å²) >= 11 is 0. The van der Waals surface area contributed by atoms with Gasteiger partial charge in [0.2, 0.25) is 11.5 Å². The van der Waals surface area contributed by atoms with E-state index in [2.05, 4.69) is 9.97 Å². The van der Waals surface area contributed by atoms with Crippen LogP contribution in [0.4, 0.5) is 5.69 Å². The average Bonchev–Trinajstić information content (AvgIpc) is 3.08. The Morgan fingerprint density at radius 1 is 1.00 bits per heavy atom. The van der Waals surface area contributed by atoms with Gasteiger partial charge >= 0.3 is 0 Å². The SMILES string of the molecule is Cc1ncc(-c2ccc(N3CCCC3=O)cc2)cc1-c1cc[nH]c(=O)c1. The Kier molecular flexibility index (Phi) is 4.13. The molecule has 3 heterocycles. The molecule has 0 aliphatic carbocycles. The van der Waals surface area contributed by atoms with E-state index in [1.54, 1.807) is 12.3 Å². The number of hydrogen-bond acceptors (Lipinski definition) is 3. The lowest BCUT2D eigenvalue weighted by atomic mass is 10.00. The maximum Gasteiger partial charge on any atom is 0.248 e. The van der Waals surface area contributed by atoms with E-state index in [4.69, 9.17) is 0 Å². The molecule has 0 radical (unpaired) electrons. The first kappa shape index (κ1) is 16.3. The molecule has 130 valence electrons. The van der Waals surface area contributed by atoms with Gasteiger partial charge in [-0.2, -0.15) is 0 Å². The summed E-state index contributed by atoms with van der Waals surface area (Å²) in [7, 11) is 0. The van der Waals surface area contributed by atoms with Gasteiger partial charge in [-0.3, -0.25) is 14.6 Å². The van der Waals surface area contributed by atoms with Gasteiger partial charge in [-0.25, -0.2) is 0 Å². The van der Waals surface area contributed by atoms with Crippen molar-refractivity contribution < 1.29 is 4.79 Å². The zero-order chi connectivity index (χ0) is 18.1. The van der Waals surface area contributed by atoms with Crippen molar-refractivity contribution in [1.82, 2.24) is 9.97 Å². The summed E-state index contributed by atoms with van der Waals surface area (Å²) in [6.07, 6.45) is 5.03. The minimum Gasteiger partial charge on any atom is -0.329 e. The normalized spacial score (nSPS) is 14.0. The van der Waals surface area contributed by atoms with Crippen molar-refractivity contribution in [2.45, 2.75) is 19.8 Å². The molecule has 5 nitrogen and oxygen atoms in total. The summed E-state index contributed by atoms with van der Waals surface area (Å²) in [5.74, 6) is 0.186. The van der Waals surface area contributed by atoms with Gasteiger partial charge in [-0.1, -0.05) is 12.1 Å². The molecule has 1 N–H and O–H groups in total. The number of carbonyl (C=O) groups is 1. The molecule has 5 heteroatoms. The first-order chi connectivity index (χ1) is 12.6. The topological polar surface area (TPSA) is 66.1 Å². The molecule has 0 bridgehead atoms. The lowest BCUT2D eigenvalue weighted by molar-refractivity contribution is -0.117. The van der Waals surface area contributed by atoms with E-state index in [1.165, 1.54) is 0 Å². The number of aromatic nitrogens is 2. The lowest BCUT2D eigenvalue weighted by Crippen LogP contribution is -2.23. The zero-order valence-corrected chi connectivity index (χ0v) is 14.5. The number of rotatable bonds is 3. The van der Waals surface area contributed by atoms with Crippen LogP contribution in [0.1, 0.15) is 18.5 Å². The summed E-state index contributed by atoms with van der Waals surface area (Å²) in [6, 6.07) is 13.5. The first-order valence-electron chi connectivity index (χ1n) is 8.68. The second-order valence-corrected chi connectivity index (χ2v) is 6.49. The molecule has 1 amide bonds. The standard InChI is InChI=1S/C21H19N3O2/c1-14-19(16-8-9-22-20(25)12-16)11-17(13-23-14)15-4-6-18(7-5-15)24-10-2-3-21(24)26/h4-9,11-13H,2-3,10H2,1H3,(H,22,25). The van der Waals surface area contributed by atoms with Crippen LogP contribution in [0, 0.1) is 6.92 Å². The monoisotopic (exact) mass is 345 g/mol. The van der Waals surface area contributed by atoms with Gasteiger partial charge in [-0.15, -0.1) is 0 Å². The van der Waals surface area contributed by atoms with E-state index >= 15 is 0 Å². The molecule has 1 aliphatic rings. The Bertz CT molecular complexity index is 1020. The molecule has 1 fully saturated rings. The maximum absolute atomic E-state index is 11.9. The summed E-state index contributed by atoms with van der Waals surface area (Å²) in [5, 5.41) is 0. The molecule has 26 heavy (non-hydrogen) atoms. The third-order valence-corrected chi connectivity index (χ3v) is 4.76. The highest BCUT2D eigenvalue weighted by Crippen LogP contribution is 2.29. The third kappa shape index (κ3) is 3.04. The summed E-state index contributed by atoms with van der Waals surface area (Å²) in [4.78, 5) is 32.5. The number of hydrogen-bond donors (Lipinski definition) is 1. The number of pyridine rings is 2. The quantitative estimate of drug-likeness (QED) is 0.789. The molecule has 1 aromatic carbocycles. The van der Waals surface area contributed by atoms with Gasteiger partial charge in [0.05, 0.1) is 0 Å². The predicted octanol–water partition coefficient (Wildman–Crippen LogP) is 3.54. The summed E-state index contributed by atoms with van der Waals surface area (Å²) in [6.45, 7) is 2.72. The third-order valence-electron chi connectivity index (χ3n) is 4.76. The van der Waals surface area contributed by atoms with Crippen molar-refractivity contribution in [3.05, 3.63) is 70.9 Å². The predicted molar refractivity (Wildman–Crippen MR) is 102 cm³/mol. The molecular formula is C21H19N3O2. The van der Waals surface area contributed by atoms with Crippen LogP contribution in [0.25, 0.3) is 22.3 Å². The number of carbonyl (C=O) groups excluding carboxylic acids is 1. The van der Waals surface area contributed by atoms with E-state index in [1.807, 2.05) is 54.4 Å². The largest absolute Gasteiger partial charge is 0.329 e. The van der Waals surface area contributed by atoms with Crippen LogP contribution >= 0.6 is 0 Å². The summed E-state index contributed by atoms with van der Waals surface area (Å²) < 4.78 is 0. The number of aromatic amines is 1. The minimum atomic E-state index is -0.132. The van der Waals surface area contributed by atoms with Crippen LogP contribution in [0.5, 0.6) is 0 Å². The Labute approximate surface area is 151 Å². The van der Waals surface area contributed by atoms with Gasteiger partial charge in [-0.05, 0) is 48.7 Å². The molecule has 0 saturated carbocycles. The summed E-state index contributed by atoms with van der Waals surface area (Å²) in [5.41, 5.74) is 5.47. The van der Waals surface area contributed by atoms with Crippen molar-refractivity contribution in [1.29, 1.82) is 0 Å². The van der Waals surface area contributed by atoms with Crippen LogP contribution in [-0.4, -0.2) is 22.4 Å². The van der Waals surface area contributed by atoms with Crippen LogP contribution in [-0.2, 0) is 4.79 Å². The van der Waals surface area contributed by atoms with Crippen molar-refractivity contribution in [2.24, 2.45) is 0 Å². The number of anilines is 1. The number of amides is 1. The van der Waals surface area contributed by atoms with E-state index in [0.717, 1.165) is 46.6 Å². The Morgan fingerprint density at radius 3 is 2.50 bits per heavy atom. The lowest BCUT2D eigenvalue weighted by Gasteiger charge is -2.16. The highest BCUT2D eigenvalue weighted by molar-refractivity contribution is 5.95. The molecule has 4 rings (SSSR count).